The molecule has 23 nitrogen and oxygen atoms in total. The molecule has 1 radical (unpaired) electrons. The molecule has 25 heteroatoms. The van der Waals surface area contributed by atoms with E-state index < -0.39 is 22.8 Å². The van der Waals surface area contributed by atoms with Crippen molar-refractivity contribution >= 4 is 99.2 Å². The summed E-state index contributed by atoms with van der Waals surface area (Å²) in [5.41, 5.74) is 2.76. The van der Waals surface area contributed by atoms with Crippen LogP contribution in [0.1, 0.15) is 62.3 Å². The third-order valence-electron chi connectivity index (χ3n) is 9.34. The Morgan fingerprint density at radius 2 is 1.10 bits per heavy atom. The molecular weight excluding hydrogens is 971 g/mol. The van der Waals surface area contributed by atoms with Gasteiger partial charge in [-0.1, -0.05) is 24.3 Å². The maximum absolute atomic E-state index is 12.2. The van der Waals surface area contributed by atoms with E-state index in [4.69, 9.17) is 28.6 Å². The maximum Gasteiger partial charge on any atom is 1.00 e. The Bertz CT molecular complexity index is 2360. The fraction of sp³-hybridized carbons (Fsp3) is 0.467. The number of anilines is 2. The maximum atomic E-state index is 12.2. The Morgan fingerprint density at radius 1 is 0.686 bits per heavy atom. The molecule has 0 aliphatic carbocycles. The van der Waals surface area contributed by atoms with Crippen LogP contribution < -0.4 is 88.3 Å². The van der Waals surface area contributed by atoms with Crippen molar-refractivity contribution in [2.24, 2.45) is 0 Å². The van der Waals surface area contributed by atoms with Gasteiger partial charge in [-0.05, 0) is 76.9 Å². The normalized spacial score (nSPS) is 13.1. The molecular formula is C45H61K2N8O15. The van der Waals surface area contributed by atoms with Gasteiger partial charge >= 0.3 is 80.8 Å². The molecule has 0 spiro atoms. The summed E-state index contributed by atoms with van der Waals surface area (Å²) in [6.45, 7) is 20.4. The molecule has 4 aromatic rings. The van der Waals surface area contributed by atoms with Crippen molar-refractivity contribution in [1.82, 2.24) is 30.3 Å². The van der Waals surface area contributed by atoms with Gasteiger partial charge in [0.2, 0.25) is 11.8 Å². The van der Waals surface area contributed by atoms with Crippen LogP contribution in [-0.4, -0.2) is 178 Å². The van der Waals surface area contributed by atoms with Crippen LogP contribution in [0.2, 0.25) is 0 Å². The first-order valence-electron chi connectivity index (χ1n) is 21.4. The van der Waals surface area contributed by atoms with E-state index in [1.807, 2.05) is 90.1 Å². The first-order valence-corrected chi connectivity index (χ1v) is 21.4. The topological polar surface area (TPSA) is 281 Å². The molecule has 0 unspecified atom stereocenters. The van der Waals surface area contributed by atoms with Crippen LogP contribution in [0, 0.1) is 0 Å². The summed E-state index contributed by atoms with van der Waals surface area (Å²) in [6, 6.07) is 15.4. The first-order chi connectivity index (χ1) is 32.0. The van der Waals surface area contributed by atoms with E-state index in [1.165, 1.54) is 25.5 Å². The van der Waals surface area contributed by atoms with Crippen molar-refractivity contribution in [3.63, 3.8) is 0 Å². The van der Waals surface area contributed by atoms with Crippen molar-refractivity contribution in [3.8, 4) is 22.3 Å². The number of aromatic nitrogens is 2. The summed E-state index contributed by atoms with van der Waals surface area (Å²) in [4.78, 5) is 98.3. The SMILES string of the molecule is CC(=O)NCOC(C)=O.CC(=O)NCn1cc(-c2ccc(N3CCN(C(=O)OC(C)(C)C)CC3)cc2)c(=O)o1.CC(C)(C)OC(=O)N1CCN(c2ccc(-c3c[nH]oc3=O)cc2)CC1.O=CO[O-].[K+].[K]. The summed E-state index contributed by atoms with van der Waals surface area (Å²) in [6.07, 6.45) is 2.58. The van der Waals surface area contributed by atoms with Gasteiger partial charge in [-0.3, -0.25) is 19.2 Å². The zero-order valence-electron chi connectivity index (χ0n) is 41.8. The second kappa shape index (κ2) is 31.2. The van der Waals surface area contributed by atoms with E-state index in [-0.39, 0.29) is 152 Å². The Kier molecular flexibility index (Phi) is 28.4. The zero-order valence-corrected chi connectivity index (χ0v) is 48.0. The minimum atomic E-state index is -0.502. The standard InChI is InChI=1S/C21H28N4O5.C18H23N3O4.C5H9NO3.CH2O3.2K/c1-15(26)22-14-25-13-18(19(27)30-25)16-5-7-17(8-6-16)23-9-11-24(12-10-23)20(28)29-21(2,3)4;1-18(2,3)24-17(23)21-10-8-20(9-11-21)14-6-4-13(5-7-14)15-12-19-25-16(15)22;1-4(7)6-3-9-5(2)8;2-1-4-3;;/h5-8,13H,9-12,14H2,1-4H3,(H,22,26);4-7,12,19H,8-11H2,1-3H3;3H2,1-2H3,(H,6,7);1,3H;;/q;;;;;+1/p-1. The molecule has 4 heterocycles. The Morgan fingerprint density at radius 3 is 1.44 bits per heavy atom. The zero-order chi connectivity index (χ0) is 50.6. The van der Waals surface area contributed by atoms with Crippen molar-refractivity contribution in [3.05, 3.63) is 81.8 Å². The number of ether oxygens (including phenoxy) is 3. The molecule has 2 fully saturated rings. The molecule has 2 aromatic heterocycles. The van der Waals surface area contributed by atoms with Crippen LogP contribution in [0.4, 0.5) is 21.0 Å². The molecule has 2 saturated heterocycles. The van der Waals surface area contributed by atoms with E-state index in [2.05, 4.69) is 35.2 Å². The second-order valence-electron chi connectivity index (χ2n) is 17.0. The molecule has 2 aliphatic heterocycles. The largest absolute Gasteiger partial charge is 1.00 e. The molecule has 373 valence electrons. The second-order valence-corrected chi connectivity index (χ2v) is 17.0. The Hall–Kier alpha value is -4.29. The van der Waals surface area contributed by atoms with Crippen LogP contribution >= 0.6 is 0 Å². The smallest absolute Gasteiger partial charge is 0.662 e. The summed E-state index contributed by atoms with van der Waals surface area (Å²) in [5, 5.41) is 15.8. The predicted molar refractivity (Wildman–Crippen MR) is 250 cm³/mol. The summed E-state index contributed by atoms with van der Waals surface area (Å²) < 4.78 is 26.3. The summed E-state index contributed by atoms with van der Waals surface area (Å²) in [5.74, 6) is -0.816. The number of benzene rings is 2. The predicted octanol–water partition coefficient (Wildman–Crippen LogP) is -0.348. The number of hydrogen-bond donors (Lipinski definition) is 3. The number of rotatable bonds is 9. The number of nitrogens with zero attached hydrogens (tertiary/aromatic N) is 5. The third-order valence-corrected chi connectivity index (χ3v) is 9.34. The fourth-order valence-corrected chi connectivity index (χ4v) is 6.19. The molecule has 0 bridgehead atoms. The number of H-pyrrole nitrogens is 1. The van der Waals surface area contributed by atoms with Crippen molar-refractivity contribution in [1.29, 1.82) is 0 Å². The van der Waals surface area contributed by atoms with E-state index in [9.17, 15) is 33.6 Å². The van der Waals surface area contributed by atoms with Crippen LogP contribution in [0.5, 0.6) is 0 Å². The van der Waals surface area contributed by atoms with Gasteiger partial charge in [0.1, 0.15) is 17.9 Å². The van der Waals surface area contributed by atoms with E-state index in [0.717, 1.165) is 35.6 Å². The van der Waals surface area contributed by atoms with Gasteiger partial charge in [-0.2, -0.15) is 4.74 Å². The van der Waals surface area contributed by atoms with Gasteiger partial charge < -0.3 is 63.6 Å². The molecule has 2 aromatic carbocycles. The number of piperazine rings is 2. The third kappa shape index (κ3) is 23.3. The van der Waals surface area contributed by atoms with Crippen molar-refractivity contribution < 1.29 is 114 Å². The van der Waals surface area contributed by atoms with Crippen LogP contribution in [0.15, 0.2) is 79.6 Å². The number of esters is 1. The Labute approximate surface area is 490 Å². The molecule has 3 N–H and O–H groups in total. The molecule has 4 amide bonds. The average Bonchev–Trinajstić information content (AvgIpc) is 3.89. The van der Waals surface area contributed by atoms with Gasteiger partial charge in [0.05, 0.1) is 23.5 Å². The number of carbonyl (C=O) groups is 6. The molecule has 0 atom stereocenters. The van der Waals surface area contributed by atoms with Crippen molar-refractivity contribution in [2.45, 2.75) is 80.2 Å². The van der Waals surface area contributed by atoms with Crippen LogP contribution in [0.3, 0.4) is 0 Å². The fourth-order valence-electron chi connectivity index (χ4n) is 6.19. The van der Waals surface area contributed by atoms with E-state index >= 15 is 0 Å². The van der Waals surface area contributed by atoms with Gasteiger partial charge in [-0.15, -0.1) is 0 Å². The van der Waals surface area contributed by atoms with E-state index in [0.29, 0.717) is 50.4 Å². The molecule has 0 saturated carbocycles. The molecule has 70 heavy (non-hydrogen) atoms. The molecule has 2 aliphatic rings. The van der Waals surface area contributed by atoms with E-state index in [1.54, 1.807) is 22.2 Å². The summed E-state index contributed by atoms with van der Waals surface area (Å²) in [7, 11) is 0. The monoisotopic (exact) mass is 1030 g/mol. The van der Waals surface area contributed by atoms with Gasteiger partial charge in [-0.25, -0.2) is 24.3 Å². The minimum Gasteiger partial charge on any atom is -0.662 e. The number of aromatic amines is 1. The summed E-state index contributed by atoms with van der Waals surface area (Å²) >= 11 is 0. The number of carbonyl (C=O) groups excluding carboxylic acids is 6. The van der Waals surface area contributed by atoms with Crippen molar-refractivity contribution in [2.75, 3.05) is 68.9 Å². The average molecular weight is 1030 g/mol. The number of nitrogens with one attached hydrogen (secondary N) is 3. The molecule has 6 rings (SSSR count). The van der Waals surface area contributed by atoms with Gasteiger partial charge in [0, 0.05) is 136 Å². The van der Waals surface area contributed by atoms with Gasteiger partial charge in [0.25, 0.3) is 6.47 Å². The van der Waals surface area contributed by atoms with Gasteiger partial charge in [0.15, 0.2) is 6.73 Å². The number of amides is 4. The quantitative estimate of drug-likeness (QED) is 0.0368. The Balaban J connectivity index is 0.000000552. The van der Waals surface area contributed by atoms with Crippen LogP contribution in [0.25, 0.3) is 22.3 Å². The van der Waals surface area contributed by atoms with Crippen LogP contribution in [-0.2, 0) is 44.9 Å². The first kappa shape index (κ1) is 63.7. The number of hydrogen-bond acceptors (Lipinski definition) is 17. The minimum absolute atomic E-state index is 0.